The molecule has 1 aromatic rings. The Kier molecular flexibility index (Phi) is 1.89. The summed E-state index contributed by atoms with van der Waals surface area (Å²) in [6.45, 7) is 0. The van der Waals surface area contributed by atoms with Crippen molar-refractivity contribution in [1.82, 2.24) is 9.97 Å². The zero-order valence-corrected chi connectivity index (χ0v) is 5.64. The van der Waals surface area contributed by atoms with Gasteiger partial charge in [0.15, 0.2) is 5.16 Å². The smallest absolute Gasteiger partial charge is 0.215 e. The van der Waals surface area contributed by atoms with E-state index in [0.29, 0.717) is 5.16 Å². The zero-order valence-electron chi connectivity index (χ0n) is 4.83. The molecule has 0 amide bonds. The van der Waals surface area contributed by atoms with Crippen LogP contribution >= 0.6 is 11.8 Å². The van der Waals surface area contributed by atoms with Gasteiger partial charge in [-0.3, -0.25) is 0 Å². The van der Waals surface area contributed by atoms with Crippen LogP contribution in [0, 0.1) is 6.20 Å². The first-order chi connectivity index (χ1) is 4.33. The van der Waals surface area contributed by atoms with Gasteiger partial charge in [0.05, 0.1) is 6.20 Å². The van der Waals surface area contributed by atoms with Gasteiger partial charge in [0.1, 0.15) is 0 Å². The number of rotatable bonds is 1. The number of nitrogens with zero attached hydrogens (tertiary/aromatic N) is 2. The van der Waals surface area contributed by atoms with Gasteiger partial charge in [0, 0.05) is 6.07 Å². The third-order valence-electron chi connectivity index (χ3n) is 0.747. The topological polar surface area (TPSA) is 46.0 Å². The Bertz CT molecular complexity index is 204. The predicted molar refractivity (Wildman–Crippen MR) is 34.3 cm³/mol. The lowest BCUT2D eigenvalue weighted by Crippen LogP contribution is -1.82. The van der Waals surface area contributed by atoms with E-state index in [9.17, 15) is 0 Å². The lowest BCUT2D eigenvalue weighted by molar-refractivity contribution is 0.445. The second kappa shape index (κ2) is 2.68. The van der Waals surface area contributed by atoms with Crippen LogP contribution in [0.2, 0.25) is 0 Å². The fourth-order valence-electron chi connectivity index (χ4n) is 0.392. The average molecular weight is 141 g/mol. The molecular formula is C5H5N2OS. The second-order valence-electron chi connectivity index (χ2n) is 1.34. The molecule has 47 valence electrons. The number of hydrogen-bond acceptors (Lipinski definition) is 4. The maximum atomic E-state index is 8.75. The van der Waals surface area contributed by atoms with Crippen LogP contribution in [0.4, 0.5) is 0 Å². The number of hydrogen-bond donors (Lipinski definition) is 1. The third kappa shape index (κ3) is 1.57. The second-order valence-corrected chi connectivity index (χ2v) is 2.12. The van der Waals surface area contributed by atoms with Gasteiger partial charge in [0.25, 0.3) is 0 Å². The van der Waals surface area contributed by atoms with Crippen molar-refractivity contribution in [2.24, 2.45) is 0 Å². The van der Waals surface area contributed by atoms with Crippen LogP contribution in [0.25, 0.3) is 0 Å². The molecule has 1 N–H and O–H groups in total. The lowest BCUT2D eigenvalue weighted by Gasteiger charge is -1.91. The van der Waals surface area contributed by atoms with Crippen molar-refractivity contribution in [3.63, 3.8) is 0 Å². The molecule has 0 saturated heterocycles. The maximum Gasteiger partial charge on any atom is 0.215 e. The minimum absolute atomic E-state index is 0.0330. The molecule has 0 bridgehead atoms. The first-order valence-corrected chi connectivity index (χ1v) is 3.53. The van der Waals surface area contributed by atoms with Gasteiger partial charge >= 0.3 is 0 Å². The van der Waals surface area contributed by atoms with Crippen molar-refractivity contribution < 1.29 is 5.11 Å². The molecule has 1 heterocycles. The summed E-state index contributed by atoms with van der Waals surface area (Å²) in [5.41, 5.74) is 0. The third-order valence-corrected chi connectivity index (χ3v) is 1.29. The number of thioether (sulfide) groups is 1. The molecule has 1 radical (unpaired) electrons. The summed E-state index contributed by atoms with van der Waals surface area (Å²) in [6, 6.07) is 1.32. The van der Waals surface area contributed by atoms with Gasteiger partial charge in [-0.1, -0.05) is 11.8 Å². The van der Waals surface area contributed by atoms with E-state index in [-0.39, 0.29) is 5.88 Å². The minimum Gasteiger partial charge on any atom is -0.493 e. The van der Waals surface area contributed by atoms with Gasteiger partial charge in [0.2, 0.25) is 5.88 Å². The first-order valence-electron chi connectivity index (χ1n) is 2.31. The summed E-state index contributed by atoms with van der Waals surface area (Å²) in [7, 11) is 0. The van der Waals surface area contributed by atoms with Gasteiger partial charge in [-0.15, -0.1) is 0 Å². The normalized spacial score (nSPS) is 9.44. The van der Waals surface area contributed by atoms with Crippen molar-refractivity contribution in [2.75, 3.05) is 6.26 Å². The van der Waals surface area contributed by atoms with Crippen LogP contribution in [-0.2, 0) is 0 Å². The molecule has 0 saturated carbocycles. The zero-order chi connectivity index (χ0) is 6.69. The van der Waals surface area contributed by atoms with Crippen molar-refractivity contribution >= 4 is 11.8 Å². The molecule has 0 spiro atoms. The van der Waals surface area contributed by atoms with Crippen molar-refractivity contribution in [2.45, 2.75) is 5.16 Å². The predicted octanol–water partition coefficient (Wildman–Crippen LogP) is 0.704. The summed E-state index contributed by atoms with van der Waals surface area (Å²) in [6.07, 6.45) is 4.33. The van der Waals surface area contributed by atoms with Gasteiger partial charge < -0.3 is 5.11 Å². The van der Waals surface area contributed by atoms with Crippen LogP contribution in [0.1, 0.15) is 0 Å². The summed E-state index contributed by atoms with van der Waals surface area (Å²) < 4.78 is 0. The molecule has 0 aromatic carbocycles. The average Bonchev–Trinajstić information content (AvgIpc) is 1.88. The molecule has 0 fully saturated rings. The number of aromatic hydroxyl groups is 1. The van der Waals surface area contributed by atoms with E-state index >= 15 is 0 Å². The highest BCUT2D eigenvalue weighted by Crippen LogP contribution is 2.09. The van der Waals surface area contributed by atoms with Gasteiger partial charge in [-0.25, -0.2) is 4.98 Å². The Morgan fingerprint density at radius 3 is 3.00 bits per heavy atom. The van der Waals surface area contributed by atoms with Crippen molar-refractivity contribution in [1.29, 1.82) is 0 Å². The highest BCUT2D eigenvalue weighted by Gasteiger charge is 1.92. The Morgan fingerprint density at radius 2 is 2.56 bits per heavy atom. The van der Waals surface area contributed by atoms with E-state index in [1.54, 1.807) is 0 Å². The summed E-state index contributed by atoms with van der Waals surface area (Å²) in [5.74, 6) is -0.0330. The summed E-state index contributed by atoms with van der Waals surface area (Å²) >= 11 is 1.37. The van der Waals surface area contributed by atoms with E-state index in [2.05, 4.69) is 16.2 Å². The van der Waals surface area contributed by atoms with E-state index in [1.165, 1.54) is 17.8 Å². The quantitative estimate of drug-likeness (QED) is 0.462. The van der Waals surface area contributed by atoms with Gasteiger partial charge in [-0.2, -0.15) is 4.98 Å². The Balaban J connectivity index is 2.94. The van der Waals surface area contributed by atoms with Crippen molar-refractivity contribution in [3.05, 3.63) is 12.3 Å². The Morgan fingerprint density at radius 1 is 1.78 bits per heavy atom. The van der Waals surface area contributed by atoms with Crippen LogP contribution in [0.3, 0.4) is 0 Å². The molecular weight excluding hydrogens is 136 g/mol. The summed E-state index contributed by atoms with van der Waals surface area (Å²) in [4.78, 5) is 7.39. The fourth-order valence-corrected chi connectivity index (χ4v) is 0.721. The highest BCUT2D eigenvalue weighted by molar-refractivity contribution is 7.98. The van der Waals surface area contributed by atoms with E-state index in [1.807, 2.05) is 6.26 Å². The highest BCUT2D eigenvalue weighted by atomic mass is 32.2. The SMILES string of the molecule is CSc1n[c]cc(O)n1. The van der Waals surface area contributed by atoms with Crippen LogP contribution in [-0.4, -0.2) is 21.3 Å². The monoisotopic (exact) mass is 141 g/mol. The van der Waals surface area contributed by atoms with E-state index < -0.39 is 0 Å². The molecule has 0 atom stereocenters. The van der Waals surface area contributed by atoms with Gasteiger partial charge in [-0.05, 0) is 6.26 Å². The maximum absolute atomic E-state index is 8.75. The molecule has 0 aliphatic rings. The Labute approximate surface area is 57.2 Å². The molecule has 1 rings (SSSR count). The molecule has 0 unspecified atom stereocenters. The van der Waals surface area contributed by atoms with E-state index in [0.717, 1.165) is 0 Å². The van der Waals surface area contributed by atoms with Crippen LogP contribution in [0.15, 0.2) is 11.2 Å². The van der Waals surface area contributed by atoms with Crippen LogP contribution in [0.5, 0.6) is 5.88 Å². The minimum atomic E-state index is -0.0330. The lowest BCUT2D eigenvalue weighted by atomic mass is 10.6. The fraction of sp³-hybridized carbons (Fsp3) is 0.200. The largest absolute Gasteiger partial charge is 0.493 e. The van der Waals surface area contributed by atoms with E-state index in [4.69, 9.17) is 5.11 Å². The molecule has 4 heteroatoms. The van der Waals surface area contributed by atoms with Crippen molar-refractivity contribution in [3.8, 4) is 5.88 Å². The molecule has 0 aliphatic heterocycles. The standard InChI is InChI=1S/C5H5N2OS/c1-9-5-6-3-2-4(8)7-5/h2H,1H3,(H,6,7,8). The molecule has 3 nitrogen and oxygen atoms in total. The number of aromatic nitrogens is 2. The van der Waals surface area contributed by atoms with Crippen LogP contribution < -0.4 is 0 Å². The molecule has 1 aromatic heterocycles. The first kappa shape index (κ1) is 6.35. The summed E-state index contributed by atoms with van der Waals surface area (Å²) in [5, 5.41) is 9.29. The Hall–Kier alpha value is -0.770. The molecule has 0 aliphatic carbocycles. The molecule has 9 heavy (non-hydrogen) atoms.